The van der Waals surface area contributed by atoms with E-state index in [4.69, 9.17) is 11.6 Å². The van der Waals surface area contributed by atoms with Gasteiger partial charge in [-0.3, -0.25) is 4.79 Å². The lowest BCUT2D eigenvalue weighted by molar-refractivity contribution is -0.121. The highest BCUT2D eigenvalue weighted by Gasteiger charge is 2.26. The number of rotatable bonds is 7. The summed E-state index contributed by atoms with van der Waals surface area (Å²) in [6.45, 7) is 2.13. The SMILES string of the molecule is O=C(CCn1ccc2cc(S(=O)(=O)N3CCCCC3)ccc21)NCc1cccc(Cl)c1. The fourth-order valence-corrected chi connectivity index (χ4v) is 5.71. The summed E-state index contributed by atoms with van der Waals surface area (Å²) in [5, 5.41) is 4.41. The third-order valence-electron chi connectivity index (χ3n) is 5.65. The van der Waals surface area contributed by atoms with Crippen molar-refractivity contribution < 1.29 is 13.2 Å². The van der Waals surface area contributed by atoms with Crippen LogP contribution < -0.4 is 5.32 Å². The van der Waals surface area contributed by atoms with Crippen molar-refractivity contribution in [2.75, 3.05) is 13.1 Å². The highest BCUT2D eigenvalue weighted by atomic mass is 35.5. The van der Waals surface area contributed by atoms with Gasteiger partial charge in [-0.25, -0.2) is 8.42 Å². The molecular formula is C23H26ClN3O3S. The van der Waals surface area contributed by atoms with Gasteiger partial charge in [0.25, 0.3) is 0 Å². The quantitative estimate of drug-likeness (QED) is 0.576. The van der Waals surface area contributed by atoms with Crippen LogP contribution in [0.15, 0.2) is 59.6 Å². The average molecular weight is 460 g/mol. The number of benzene rings is 2. The number of nitrogens with zero attached hydrogens (tertiary/aromatic N) is 2. The van der Waals surface area contributed by atoms with E-state index in [0.29, 0.717) is 42.5 Å². The Labute approximate surface area is 187 Å². The van der Waals surface area contributed by atoms with Crippen LogP contribution in [0.3, 0.4) is 0 Å². The maximum absolute atomic E-state index is 12.9. The molecule has 3 aromatic rings. The van der Waals surface area contributed by atoms with Gasteiger partial charge in [-0.05, 0) is 54.8 Å². The van der Waals surface area contributed by atoms with Gasteiger partial charge < -0.3 is 9.88 Å². The number of fused-ring (bicyclic) bond motifs is 1. The van der Waals surface area contributed by atoms with Crippen LogP contribution in [0.2, 0.25) is 5.02 Å². The highest BCUT2D eigenvalue weighted by molar-refractivity contribution is 7.89. The molecule has 4 rings (SSSR count). The van der Waals surface area contributed by atoms with Gasteiger partial charge in [0, 0.05) is 54.7 Å². The van der Waals surface area contributed by atoms with Gasteiger partial charge in [0.05, 0.1) is 4.90 Å². The van der Waals surface area contributed by atoms with Gasteiger partial charge in [0.1, 0.15) is 0 Å². The summed E-state index contributed by atoms with van der Waals surface area (Å²) in [6.07, 6.45) is 5.14. The Hall–Kier alpha value is -2.35. The molecule has 1 saturated heterocycles. The summed E-state index contributed by atoms with van der Waals surface area (Å²) in [5.41, 5.74) is 1.87. The zero-order valence-corrected chi connectivity index (χ0v) is 18.8. The number of aryl methyl sites for hydroxylation is 1. The van der Waals surface area contributed by atoms with E-state index in [2.05, 4.69) is 5.32 Å². The van der Waals surface area contributed by atoms with Crippen molar-refractivity contribution in [1.29, 1.82) is 0 Å². The Morgan fingerprint density at radius 1 is 1.03 bits per heavy atom. The number of piperidine rings is 1. The molecule has 1 amide bonds. The third-order valence-corrected chi connectivity index (χ3v) is 7.78. The number of aromatic nitrogens is 1. The Bertz CT molecular complexity index is 1180. The summed E-state index contributed by atoms with van der Waals surface area (Å²) in [5.74, 6) is -0.0499. The molecule has 0 radical (unpaired) electrons. The standard InChI is InChI=1S/C23H26ClN3O3S/c24-20-6-4-5-18(15-20)17-25-23(28)10-14-26-13-9-19-16-21(7-8-22(19)26)31(29,30)27-11-2-1-3-12-27/h4-9,13,15-16H,1-3,10-12,14,17H2,(H,25,28). The summed E-state index contributed by atoms with van der Waals surface area (Å²) in [6, 6.07) is 14.5. The molecule has 2 heterocycles. The van der Waals surface area contributed by atoms with Crippen LogP contribution in [-0.2, 0) is 27.9 Å². The van der Waals surface area contributed by atoms with Gasteiger partial charge >= 0.3 is 0 Å². The van der Waals surface area contributed by atoms with Crippen molar-refractivity contribution in [3.63, 3.8) is 0 Å². The van der Waals surface area contributed by atoms with Crippen molar-refractivity contribution in [2.24, 2.45) is 0 Å². The summed E-state index contributed by atoms with van der Waals surface area (Å²) < 4.78 is 29.4. The maximum atomic E-state index is 12.9. The predicted molar refractivity (Wildman–Crippen MR) is 122 cm³/mol. The van der Waals surface area contributed by atoms with Crippen LogP contribution in [0.25, 0.3) is 10.9 Å². The molecule has 8 heteroatoms. The van der Waals surface area contributed by atoms with Crippen LogP contribution >= 0.6 is 11.6 Å². The van der Waals surface area contributed by atoms with E-state index in [-0.39, 0.29) is 5.91 Å². The van der Waals surface area contributed by atoms with Crippen molar-refractivity contribution in [3.8, 4) is 0 Å². The van der Waals surface area contributed by atoms with Gasteiger partial charge in [-0.1, -0.05) is 30.2 Å². The number of carbonyl (C=O) groups is 1. The summed E-state index contributed by atoms with van der Waals surface area (Å²) in [7, 11) is -3.46. The zero-order valence-electron chi connectivity index (χ0n) is 17.3. The van der Waals surface area contributed by atoms with E-state index in [1.807, 2.05) is 41.1 Å². The molecule has 1 N–H and O–H groups in total. The Morgan fingerprint density at radius 3 is 2.61 bits per heavy atom. The first-order valence-electron chi connectivity index (χ1n) is 10.5. The molecule has 0 bridgehead atoms. The molecule has 2 aromatic carbocycles. The summed E-state index contributed by atoms with van der Waals surface area (Å²) >= 11 is 5.97. The van der Waals surface area contributed by atoms with E-state index in [1.54, 1.807) is 22.5 Å². The molecule has 31 heavy (non-hydrogen) atoms. The normalized spacial score (nSPS) is 15.3. The first-order valence-corrected chi connectivity index (χ1v) is 12.4. The molecule has 6 nitrogen and oxygen atoms in total. The first-order chi connectivity index (χ1) is 14.9. The number of amides is 1. The molecular weight excluding hydrogens is 434 g/mol. The lowest BCUT2D eigenvalue weighted by atomic mass is 10.2. The first kappa shape index (κ1) is 21.9. The van der Waals surface area contributed by atoms with E-state index >= 15 is 0 Å². The minimum Gasteiger partial charge on any atom is -0.352 e. The van der Waals surface area contributed by atoms with Crippen molar-refractivity contribution in [2.45, 2.75) is 43.7 Å². The van der Waals surface area contributed by atoms with Crippen molar-refractivity contribution in [1.82, 2.24) is 14.2 Å². The van der Waals surface area contributed by atoms with Gasteiger partial charge in [-0.2, -0.15) is 4.31 Å². The minimum atomic E-state index is -3.46. The fourth-order valence-electron chi connectivity index (χ4n) is 3.95. The molecule has 1 aliphatic rings. The number of carbonyl (C=O) groups excluding carboxylic acids is 1. The van der Waals surface area contributed by atoms with Gasteiger partial charge in [0.2, 0.25) is 15.9 Å². The lowest BCUT2D eigenvalue weighted by Crippen LogP contribution is -2.35. The predicted octanol–water partition coefficient (Wildman–Crippen LogP) is 4.18. The van der Waals surface area contributed by atoms with Crippen molar-refractivity contribution in [3.05, 3.63) is 65.3 Å². The number of halogens is 1. The van der Waals surface area contributed by atoms with E-state index in [1.165, 1.54) is 0 Å². The second kappa shape index (κ2) is 9.42. The minimum absolute atomic E-state index is 0.0499. The van der Waals surface area contributed by atoms with Gasteiger partial charge in [-0.15, -0.1) is 0 Å². The van der Waals surface area contributed by atoms with Gasteiger partial charge in [0.15, 0.2) is 0 Å². The molecule has 1 fully saturated rings. The monoisotopic (exact) mass is 459 g/mol. The Morgan fingerprint density at radius 2 is 1.84 bits per heavy atom. The number of hydrogen-bond acceptors (Lipinski definition) is 3. The molecule has 164 valence electrons. The Kier molecular flexibility index (Phi) is 6.65. The lowest BCUT2D eigenvalue weighted by Gasteiger charge is -2.25. The van der Waals surface area contributed by atoms with E-state index in [9.17, 15) is 13.2 Å². The fraction of sp³-hybridized carbons (Fsp3) is 0.348. The maximum Gasteiger partial charge on any atom is 0.243 e. The largest absolute Gasteiger partial charge is 0.352 e. The zero-order chi connectivity index (χ0) is 21.8. The number of sulfonamides is 1. The molecule has 0 spiro atoms. The molecule has 0 atom stereocenters. The Balaban J connectivity index is 1.39. The molecule has 0 unspecified atom stereocenters. The highest BCUT2D eigenvalue weighted by Crippen LogP contribution is 2.25. The van der Waals surface area contributed by atoms with E-state index < -0.39 is 10.0 Å². The van der Waals surface area contributed by atoms with Crippen LogP contribution in [-0.4, -0.2) is 36.3 Å². The number of hydrogen-bond donors (Lipinski definition) is 1. The van der Waals surface area contributed by atoms with Crippen LogP contribution in [0.5, 0.6) is 0 Å². The molecule has 0 saturated carbocycles. The van der Waals surface area contributed by atoms with Crippen LogP contribution in [0.1, 0.15) is 31.2 Å². The second-order valence-electron chi connectivity index (χ2n) is 7.85. The molecule has 0 aliphatic carbocycles. The van der Waals surface area contributed by atoms with E-state index in [0.717, 1.165) is 35.7 Å². The average Bonchev–Trinajstić information content (AvgIpc) is 3.19. The van der Waals surface area contributed by atoms with Crippen molar-refractivity contribution >= 4 is 38.4 Å². The van der Waals surface area contributed by atoms with Crippen LogP contribution in [0, 0.1) is 0 Å². The molecule has 1 aromatic heterocycles. The second-order valence-corrected chi connectivity index (χ2v) is 10.2. The topological polar surface area (TPSA) is 71.4 Å². The smallest absolute Gasteiger partial charge is 0.243 e. The number of nitrogens with one attached hydrogen (secondary N) is 1. The van der Waals surface area contributed by atoms with Crippen LogP contribution in [0.4, 0.5) is 0 Å². The summed E-state index contributed by atoms with van der Waals surface area (Å²) in [4.78, 5) is 12.6. The third kappa shape index (κ3) is 5.11. The molecule has 1 aliphatic heterocycles.